The van der Waals surface area contributed by atoms with E-state index in [-0.39, 0.29) is 42.3 Å². The van der Waals surface area contributed by atoms with E-state index in [1.54, 1.807) is 13.0 Å². The fourth-order valence-electron chi connectivity index (χ4n) is 3.55. The van der Waals surface area contributed by atoms with Crippen LogP contribution in [0, 0.1) is 10.1 Å². The molecular formula is C20H24N6O8S2. The molecule has 1 amide bonds. The average molecular weight is 541 g/mol. The van der Waals surface area contributed by atoms with Crippen molar-refractivity contribution in [1.82, 2.24) is 10.2 Å². The Kier molecular flexibility index (Phi) is 7.51. The number of fused-ring (bicyclic) bond motifs is 1. The van der Waals surface area contributed by atoms with Crippen LogP contribution >= 0.6 is 0 Å². The van der Waals surface area contributed by atoms with Crippen LogP contribution in [0.1, 0.15) is 17.3 Å². The summed E-state index contributed by atoms with van der Waals surface area (Å²) in [7, 11) is -7.97. The molecule has 0 saturated carbocycles. The molecule has 1 aromatic heterocycles. The lowest BCUT2D eigenvalue weighted by atomic mass is 10.1. The second-order valence-corrected chi connectivity index (χ2v) is 11.2. The van der Waals surface area contributed by atoms with Crippen molar-refractivity contribution in [2.45, 2.75) is 6.92 Å². The van der Waals surface area contributed by atoms with E-state index in [4.69, 9.17) is 9.92 Å². The van der Waals surface area contributed by atoms with Gasteiger partial charge in [0, 0.05) is 24.5 Å². The third-order valence-electron chi connectivity index (χ3n) is 5.13. The molecule has 1 heterocycles. The quantitative estimate of drug-likeness (QED) is 0.163. The average Bonchev–Trinajstić information content (AvgIpc) is 3.22. The number of benzene rings is 2. The highest BCUT2D eigenvalue weighted by Crippen LogP contribution is 2.34. The second-order valence-electron chi connectivity index (χ2n) is 7.77. The molecule has 3 rings (SSSR count). The van der Waals surface area contributed by atoms with Gasteiger partial charge in [-0.25, -0.2) is 12.7 Å². The van der Waals surface area contributed by atoms with E-state index in [2.05, 4.69) is 10.2 Å². The normalized spacial score (nSPS) is 12.0. The summed E-state index contributed by atoms with van der Waals surface area (Å²) in [6, 6.07) is 6.45. The lowest BCUT2D eigenvalue weighted by Crippen LogP contribution is -2.38. The van der Waals surface area contributed by atoms with E-state index in [1.165, 1.54) is 29.3 Å². The number of carbonyl (C=O) groups excluding carboxylic acids is 1. The Morgan fingerprint density at radius 2 is 1.89 bits per heavy atom. The van der Waals surface area contributed by atoms with Crippen LogP contribution in [0.3, 0.4) is 0 Å². The maximum atomic E-state index is 13.7. The predicted octanol–water partition coefficient (Wildman–Crippen LogP) is 1.46. The van der Waals surface area contributed by atoms with Crippen molar-refractivity contribution >= 4 is 59.7 Å². The van der Waals surface area contributed by atoms with E-state index in [0.29, 0.717) is 15.2 Å². The summed E-state index contributed by atoms with van der Waals surface area (Å²) in [5.74, 6) is -1.07. The summed E-state index contributed by atoms with van der Waals surface area (Å²) < 4.78 is 53.5. The molecule has 2 aromatic carbocycles. The molecule has 194 valence electrons. The van der Waals surface area contributed by atoms with E-state index in [1.807, 2.05) is 0 Å². The van der Waals surface area contributed by atoms with Gasteiger partial charge in [-0.2, -0.15) is 13.5 Å². The van der Waals surface area contributed by atoms with Crippen LogP contribution in [0.15, 0.2) is 36.5 Å². The largest absolute Gasteiger partial charge is 0.393 e. The molecule has 0 saturated heterocycles. The third-order valence-corrected chi connectivity index (χ3v) is 6.76. The highest BCUT2D eigenvalue weighted by molar-refractivity contribution is 7.92. The van der Waals surface area contributed by atoms with Gasteiger partial charge >= 0.3 is 0 Å². The molecule has 0 bridgehead atoms. The number of sulfonamides is 1. The van der Waals surface area contributed by atoms with Crippen molar-refractivity contribution in [2.75, 3.05) is 47.1 Å². The molecule has 0 atom stereocenters. The lowest BCUT2D eigenvalue weighted by molar-refractivity contribution is -0.383. The van der Waals surface area contributed by atoms with Crippen molar-refractivity contribution in [1.29, 1.82) is 0 Å². The molecular weight excluding hydrogens is 516 g/mol. The molecule has 0 spiro atoms. The fourth-order valence-corrected chi connectivity index (χ4v) is 4.83. The van der Waals surface area contributed by atoms with Gasteiger partial charge in [0.15, 0.2) is 0 Å². The number of H-pyrrole nitrogens is 1. The number of hydrogen-bond donors (Lipinski definition) is 2. The van der Waals surface area contributed by atoms with Crippen molar-refractivity contribution in [3.05, 3.63) is 52.2 Å². The monoisotopic (exact) mass is 540 g/mol. The minimum atomic E-state index is -4.22. The summed E-state index contributed by atoms with van der Waals surface area (Å²) >= 11 is 0. The van der Waals surface area contributed by atoms with Crippen molar-refractivity contribution in [3.8, 4) is 0 Å². The number of anilines is 3. The van der Waals surface area contributed by atoms with Crippen LogP contribution in [0.5, 0.6) is 0 Å². The number of nitrogen functional groups attached to an aromatic ring is 1. The molecule has 0 aliphatic rings. The molecule has 14 nitrogen and oxygen atoms in total. The minimum absolute atomic E-state index is 0.0202. The first kappa shape index (κ1) is 26.8. The number of nitrogens with one attached hydrogen (secondary N) is 1. The van der Waals surface area contributed by atoms with Gasteiger partial charge in [-0.3, -0.25) is 24.2 Å². The van der Waals surface area contributed by atoms with E-state index in [0.717, 1.165) is 18.6 Å². The molecule has 0 fully saturated rings. The first-order chi connectivity index (χ1) is 16.7. The van der Waals surface area contributed by atoms with Gasteiger partial charge < -0.3 is 10.6 Å². The highest BCUT2D eigenvalue weighted by atomic mass is 32.2. The zero-order chi connectivity index (χ0) is 26.8. The molecule has 3 aromatic rings. The number of nitrogens with two attached hydrogens (primary N) is 1. The smallest absolute Gasteiger partial charge is 0.293 e. The Morgan fingerprint density at radius 1 is 1.19 bits per heavy atom. The van der Waals surface area contributed by atoms with Gasteiger partial charge in [0.25, 0.3) is 21.7 Å². The summed E-state index contributed by atoms with van der Waals surface area (Å²) in [6.45, 7) is 1.57. The summed E-state index contributed by atoms with van der Waals surface area (Å²) in [6.07, 6.45) is 3.22. The van der Waals surface area contributed by atoms with Gasteiger partial charge in [0.1, 0.15) is 5.69 Å². The van der Waals surface area contributed by atoms with Crippen LogP contribution in [-0.2, 0) is 24.3 Å². The zero-order valence-electron chi connectivity index (χ0n) is 19.5. The fraction of sp³-hybridized carbons (Fsp3) is 0.300. The van der Waals surface area contributed by atoms with Gasteiger partial charge in [-0.15, -0.1) is 0 Å². The topological polar surface area (TPSA) is 199 Å². The van der Waals surface area contributed by atoms with Gasteiger partial charge in [0.05, 0.1) is 52.7 Å². The SMILES string of the molecule is CCN(CCOS(C)(=O)=O)c1cc(N)c([N+](=O)[O-])cc1C(=O)N(c1ccc2cn[nH]c2c1)S(C)(=O)=O. The van der Waals surface area contributed by atoms with E-state index in [9.17, 15) is 31.7 Å². The van der Waals surface area contributed by atoms with Gasteiger partial charge in [-0.05, 0) is 31.2 Å². The third kappa shape index (κ3) is 5.89. The van der Waals surface area contributed by atoms with Gasteiger partial charge in [0.2, 0.25) is 10.0 Å². The standard InChI is InChI=1S/C20H24N6O8S2/c1-4-24(7-8-34-36(3,32)33)18-11-16(21)19(26(28)29)10-15(18)20(27)25(35(2,30)31)14-6-5-13-12-22-23-17(13)9-14/h5-6,9-12H,4,7-8,21H2,1-3H3,(H,22,23). The van der Waals surface area contributed by atoms with Gasteiger partial charge in [-0.1, -0.05) is 0 Å². The maximum Gasteiger partial charge on any atom is 0.293 e. The summed E-state index contributed by atoms with van der Waals surface area (Å²) in [4.78, 5) is 26.0. The summed E-state index contributed by atoms with van der Waals surface area (Å²) in [5.41, 5.74) is 5.18. The number of aromatic nitrogens is 2. The molecule has 16 heteroatoms. The molecule has 0 unspecified atom stereocenters. The number of nitro groups is 1. The second kappa shape index (κ2) is 10.1. The van der Waals surface area contributed by atoms with Crippen LogP contribution in [-0.4, -0.2) is 70.1 Å². The number of nitro benzene ring substituents is 1. The predicted molar refractivity (Wildman–Crippen MR) is 134 cm³/mol. The Morgan fingerprint density at radius 3 is 2.47 bits per heavy atom. The van der Waals surface area contributed by atoms with Crippen LogP contribution in [0.4, 0.5) is 22.7 Å². The highest BCUT2D eigenvalue weighted by Gasteiger charge is 2.32. The van der Waals surface area contributed by atoms with Crippen LogP contribution in [0.25, 0.3) is 10.9 Å². The number of hydrogen-bond acceptors (Lipinski definition) is 11. The Labute approximate surface area is 207 Å². The number of amides is 1. The lowest BCUT2D eigenvalue weighted by Gasteiger charge is -2.27. The number of rotatable bonds is 10. The van der Waals surface area contributed by atoms with E-state index < -0.39 is 36.7 Å². The number of likely N-dealkylation sites (N-methyl/N-ethyl adjacent to an activating group) is 1. The molecule has 0 aliphatic carbocycles. The van der Waals surface area contributed by atoms with Crippen LogP contribution < -0.4 is 14.9 Å². The molecule has 3 N–H and O–H groups in total. The molecule has 0 aliphatic heterocycles. The first-order valence-electron chi connectivity index (χ1n) is 10.4. The van der Waals surface area contributed by atoms with Crippen molar-refractivity contribution in [2.24, 2.45) is 0 Å². The number of aromatic amines is 1. The molecule has 36 heavy (non-hydrogen) atoms. The molecule has 0 radical (unpaired) electrons. The first-order valence-corrected chi connectivity index (χ1v) is 14.0. The summed E-state index contributed by atoms with van der Waals surface area (Å²) in [5, 5.41) is 18.8. The number of nitrogens with zero attached hydrogens (tertiary/aromatic N) is 4. The Bertz CT molecular complexity index is 1530. The van der Waals surface area contributed by atoms with E-state index >= 15 is 0 Å². The van der Waals surface area contributed by atoms with Crippen molar-refractivity contribution in [3.63, 3.8) is 0 Å². The maximum absolute atomic E-state index is 13.7. The van der Waals surface area contributed by atoms with Crippen LogP contribution in [0.2, 0.25) is 0 Å². The van der Waals surface area contributed by atoms with Crippen molar-refractivity contribution < 1.29 is 30.7 Å². The number of carbonyl (C=O) groups is 1. The minimum Gasteiger partial charge on any atom is -0.393 e. The Hall–Kier alpha value is -3.76. The zero-order valence-corrected chi connectivity index (χ0v) is 21.2. The Balaban J connectivity index is 2.17.